The third-order valence-electron chi connectivity index (χ3n) is 2.57. The number of nitrogen functional groups attached to an aromatic ring is 2. The Balaban J connectivity index is 2.15. The lowest BCUT2D eigenvalue weighted by atomic mass is 10.1. The van der Waals surface area contributed by atoms with Gasteiger partial charge in [-0.15, -0.1) is 0 Å². The van der Waals surface area contributed by atoms with Gasteiger partial charge in [-0.1, -0.05) is 0 Å². The van der Waals surface area contributed by atoms with Gasteiger partial charge in [-0.25, -0.2) is 0 Å². The number of hydrogen-bond donors (Lipinski definition) is 2. The molecule has 0 aliphatic carbocycles. The van der Waals surface area contributed by atoms with E-state index in [2.05, 4.69) is 0 Å². The van der Waals surface area contributed by atoms with Crippen LogP contribution in [0, 0.1) is 0 Å². The number of anilines is 2. The first-order valence-corrected chi connectivity index (χ1v) is 5.49. The van der Waals surface area contributed by atoms with E-state index in [0.29, 0.717) is 23.5 Å². The molecule has 0 saturated heterocycles. The molecule has 2 aromatic rings. The summed E-state index contributed by atoms with van der Waals surface area (Å²) in [7, 11) is 1.72. The molecule has 0 atom stereocenters. The van der Waals surface area contributed by atoms with Crippen molar-refractivity contribution < 1.29 is 9.21 Å². The fourth-order valence-electron chi connectivity index (χ4n) is 1.75. The average molecular weight is 245 g/mol. The van der Waals surface area contributed by atoms with E-state index < -0.39 is 0 Å². The second kappa shape index (κ2) is 4.83. The Morgan fingerprint density at radius 2 is 1.94 bits per heavy atom. The Morgan fingerprint density at radius 3 is 2.50 bits per heavy atom. The van der Waals surface area contributed by atoms with Crippen molar-refractivity contribution in [1.82, 2.24) is 4.90 Å². The quantitative estimate of drug-likeness (QED) is 0.806. The fraction of sp³-hybridized carbons (Fsp3) is 0.154. The zero-order valence-electron chi connectivity index (χ0n) is 10.1. The Bertz CT molecular complexity index is 529. The molecule has 94 valence electrons. The highest BCUT2D eigenvalue weighted by Gasteiger charge is 2.13. The lowest BCUT2D eigenvalue weighted by Crippen LogP contribution is -2.26. The number of hydrogen-bond acceptors (Lipinski definition) is 4. The van der Waals surface area contributed by atoms with Crippen molar-refractivity contribution in [2.45, 2.75) is 6.54 Å². The van der Waals surface area contributed by atoms with Crippen molar-refractivity contribution in [2.75, 3.05) is 18.5 Å². The summed E-state index contributed by atoms with van der Waals surface area (Å²) >= 11 is 0. The predicted molar refractivity (Wildman–Crippen MR) is 69.8 cm³/mol. The molecule has 0 radical (unpaired) electrons. The largest absolute Gasteiger partial charge is 0.472 e. The minimum atomic E-state index is -0.129. The van der Waals surface area contributed by atoms with Crippen LogP contribution in [0.15, 0.2) is 41.2 Å². The zero-order chi connectivity index (χ0) is 13.1. The van der Waals surface area contributed by atoms with Gasteiger partial charge in [0.25, 0.3) is 5.91 Å². The van der Waals surface area contributed by atoms with Crippen molar-refractivity contribution in [3.63, 3.8) is 0 Å². The molecule has 1 aromatic carbocycles. The SMILES string of the molecule is CN(Cc1ccoc1)C(=O)c1cc(N)cc(N)c1. The third-order valence-corrected chi connectivity index (χ3v) is 2.57. The van der Waals surface area contributed by atoms with Crippen LogP contribution in [0.25, 0.3) is 0 Å². The molecule has 4 N–H and O–H groups in total. The van der Waals surface area contributed by atoms with E-state index >= 15 is 0 Å². The van der Waals surface area contributed by atoms with E-state index in [0.717, 1.165) is 5.56 Å². The minimum Gasteiger partial charge on any atom is -0.472 e. The number of nitrogens with two attached hydrogens (primary N) is 2. The molecule has 0 bridgehead atoms. The molecular weight excluding hydrogens is 230 g/mol. The van der Waals surface area contributed by atoms with E-state index in [-0.39, 0.29) is 5.91 Å². The van der Waals surface area contributed by atoms with Gasteiger partial charge < -0.3 is 20.8 Å². The van der Waals surface area contributed by atoms with Crippen LogP contribution in [0.3, 0.4) is 0 Å². The Hall–Kier alpha value is -2.43. The summed E-state index contributed by atoms with van der Waals surface area (Å²) in [6.45, 7) is 0.476. The summed E-state index contributed by atoms with van der Waals surface area (Å²) in [5.41, 5.74) is 13.7. The molecular formula is C13H15N3O2. The maximum absolute atomic E-state index is 12.2. The van der Waals surface area contributed by atoms with Crippen molar-refractivity contribution in [1.29, 1.82) is 0 Å². The Kier molecular flexibility index (Phi) is 3.23. The van der Waals surface area contributed by atoms with E-state index in [1.54, 1.807) is 42.7 Å². The summed E-state index contributed by atoms with van der Waals surface area (Å²) in [4.78, 5) is 13.7. The van der Waals surface area contributed by atoms with Crippen molar-refractivity contribution in [2.24, 2.45) is 0 Å². The van der Waals surface area contributed by atoms with E-state index in [9.17, 15) is 4.79 Å². The second-order valence-electron chi connectivity index (χ2n) is 4.18. The first-order valence-electron chi connectivity index (χ1n) is 5.49. The lowest BCUT2D eigenvalue weighted by Gasteiger charge is -2.16. The zero-order valence-corrected chi connectivity index (χ0v) is 10.1. The molecule has 0 aliphatic heterocycles. The molecule has 0 spiro atoms. The average Bonchev–Trinajstić information content (AvgIpc) is 2.79. The second-order valence-corrected chi connectivity index (χ2v) is 4.18. The van der Waals surface area contributed by atoms with Gasteiger partial charge >= 0.3 is 0 Å². The molecule has 0 aliphatic rings. The molecule has 18 heavy (non-hydrogen) atoms. The number of amides is 1. The van der Waals surface area contributed by atoms with Crippen LogP contribution < -0.4 is 11.5 Å². The summed E-state index contributed by atoms with van der Waals surface area (Å²) < 4.78 is 4.96. The number of benzene rings is 1. The van der Waals surface area contributed by atoms with Crippen LogP contribution in [0.2, 0.25) is 0 Å². The molecule has 5 heteroatoms. The van der Waals surface area contributed by atoms with E-state index in [4.69, 9.17) is 15.9 Å². The van der Waals surface area contributed by atoms with Crippen molar-refractivity contribution in [3.05, 3.63) is 47.9 Å². The lowest BCUT2D eigenvalue weighted by molar-refractivity contribution is 0.0785. The normalized spacial score (nSPS) is 10.3. The highest BCUT2D eigenvalue weighted by atomic mass is 16.3. The molecule has 1 aromatic heterocycles. The van der Waals surface area contributed by atoms with Gasteiger partial charge in [0.15, 0.2) is 0 Å². The first kappa shape index (κ1) is 12.0. The number of carbonyl (C=O) groups is 1. The topological polar surface area (TPSA) is 85.5 Å². The van der Waals surface area contributed by atoms with Gasteiger partial charge in [-0.2, -0.15) is 0 Å². The highest BCUT2D eigenvalue weighted by molar-refractivity contribution is 5.95. The summed E-state index contributed by atoms with van der Waals surface area (Å²) in [6, 6.07) is 6.67. The van der Waals surface area contributed by atoms with Gasteiger partial charge in [0, 0.05) is 36.1 Å². The monoisotopic (exact) mass is 245 g/mol. The van der Waals surface area contributed by atoms with Crippen LogP contribution in [-0.4, -0.2) is 17.9 Å². The van der Waals surface area contributed by atoms with Gasteiger partial charge in [-0.05, 0) is 24.3 Å². The van der Waals surface area contributed by atoms with Crippen LogP contribution in [0.5, 0.6) is 0 Å². The summed E-state index contributed by atoms with van der Waals surface area (Å²) in [5.74, 6) is -0.129. The van der Waals surface area contributed by atoms with Crippen LogP contribution in [0.4, 0.5) is 11.4 Å². The standard InChI is InChI=1S/C13H15N3O2/c1-16(7-9-2-3-18-8-9)13(17)10-4-11(14)6-12(15)5-10/h2-6,8H,7,14-15H2,1H3. The summed E-state index contributed by atoms with van der Waals surface area (Å²) in [6.07, 6.45) is 3.18. The maximum atomic E-state index is 12.2. The first-order chi connectivity index (χ1) is 8.56. The number of rotatable bonds is 3. The number of furan rings is 1. The minimum absolute atomic E-state index is 0.129. The number of nitrogens with zero attached hydrogens (tertiary/aromatic N) is 1. The maximum Gasteiger partial charge on any atom is 0.254 e. The third kappa shape index (κ3) is 2.63. The fourth-order valence-corrected chi connectivity index (χ4v) is 1.75. The number of carbonyl (C=O) groups excluding carboxylic acids is 1. The Morgan fingerprint density at radius 1 is 1.28 bits per heavy atom. The smallest absolute Gasteiger partial charge is 0.254 e. The van der Waals surface area contributed by atoms with Crippen molar-refractivity contribution in [3.8, 4) is 0 Å². The van der Waals surface area contributed by atoms with Gasteiger partial charge in [0.2, 0.25) is 0 Å². The van der Waals surface area contributed by atoms with E-state index in [1.807, 2.05) is 6.07 Å². The van der Waals surface area contributed by atoms with Gasteiger partial charge in [-0.3, -0.25) is 4.79 Å². The van der Waals surface area contributed by atoms with Crippen LogP contribution >= 0.6 is 0 Å². The van der Waals surface area contributed by atoms with Gasteiger partial charge in [0.1, 0.15) is 0 Å². The molecule has 2 rings (SSSR count). The van der Waals surface area contributed by atoms with Crippen molar-refractivity contribution >= 4 is 17.3 Å². The molecule has 1 heterocycles. The van der Waals surface area contributed by atoms with Crippen LogP contribution in [-0.2, 0) is 6.54 Å². The summed E-state index contributed by atoms with van der Waals surface area (Å²) in [5, 5.41) is 0. The predicted octanol–water partition coefficient (Wildman–Crippen LogP) is 1.72. The molecule has 0 unspecified atom stereocenters. The molecule has 5 nitrogen and oxygen atoms in total. The highest BCUT2D eigenvalue weighted by Crippen LogP contribution is 2.16. The molecule has 0 fully saturated rings. The molecule has 0 saturated carbocycles. The molecule has 1 amide bonds. The Labute approximate surface area is 105 Å². The van der Waals surface area contributed by atoms with Gasteiger partial charge in [0.05, 0.1) is 12.5 Å². The van der Waals surface area contributed by atoms with E-state index in [1.165, 1.54) is 0 Å². The van der Waals surface area contributed by atoms with Crippen LogP contribution in [0.1, 0.15) is 15.9 Å².